The maximum atomic E-state index is 12.9. The van der Waals surface area contributed by atoms with E-state index in [1.54, 1.807) is 30.3 Å². The summed E-state index contributed by atoms with van der Waals surface area (Å²) >= 11 is 0. The molecule has 1 aliphatic rings. The van der Waals surface area contributed by atoms with Gasteiger partial charge in [-0.3, -0.25) is 9.69 Å². The lowest BCUT2D eigenvalue weighted by Crippen LogP contribution is -2.46. The number of aromatic nitrogens is 3. The Morgan fingerprint density at radius 2 is 1.87 bits per heavy atom. The molecule has 12 heteroatoms. The van der Waals surface area contributed by atoms with Gasteiger partial charge in [0.25, 0.3) is 0 Å². The van der Waals surface area contributed by atoms with Gasteiger partial charge < -0.3 is 19.7 Å². The molecule has 162 valence electrons. The molecule has 0 radical (unpaired) electrons. The third kappa shape index (κ3) is 4.70. The number of alkyl halides is 3. The summed E-state index contributed by atoms with van der Waals surface area (Å²) in [5, 5.41) is 25.9. The lowest BCUT2D eigenvalue weighted by molar-refractivity contribution is -0.148. The van der Waals surface area contributed by atoms with Crippen LogP contribution in [-0.4, -0.2) is 66.0 Å². The number of hydrogen-bond acceptors (Lipinski definition) is 5. The van der Waals surface area contributed by atoms with Crippen molar-refractivity contribution in [3.05, 3.63) is 47.5 Å². The van der Waals surface area contributed by atoms with Gasteiger partial charge >= 0.3 is 12.3 Å². The fraction of sp³-hybridized carbons (Fsp3) is 0.444. The fourth-order valence-corrected chi connectivity index (χ4v) is 3.32. The third-order valence-corrected chi connectivity index (χ3v) is 4.86. The van der Waals surface area contributed by atoms with Crippen molar-refractivity contribution in [1.29, 1.82) is 0 Å². The van der Waals surface area contributed by atoms with Crippen molar-refractivity contribution in [3.8, 4) is 0 Å². The molecule has 0 aliphatic carbocycles. The quantitative estimate of drug-likeness (QED) is 0.724. The van der Waals surface area contributed by atoms with Crippen LogP contribution in [0.1, 0.15) is 23.6 Å². The van der Waals surface area contributed by atoms with E-state index < -0.39 is 36.6 Å². The second kappa shape index (κ2) is 8.69. The van der Waals surface area contributed by atoms with Crippen LogP contribution >= 0.6 is 0 Å². The summed E-state index contributed by atoms with van der Waals surface area (Å²) in [6.07, 6.45) is -6.24. The van der Waals surface area contributed by atoms with Gasteiger partial charge in [0.2, 0.25) is 11.7 Å². The predicted molar refractivity (Wildman–Crippen MR) is 95.9 cm³/mol. The van der Waals surface area contributed by atoms with Crippen LogP contribution in [0.4, 0.5) is 18.0 Å². The number of halogens is 3. The summed E-state index contributed by atoms with van der Waals surface area (Å²) < 4.78 is 39.7. The number of carbonyl (C=O) groups excluding carboxylic acids is 1. The number of amides is 2. The first-order chi connectivity index (χ1) is 14.2. The summed E-state index contributed by atoms with van der Waals surface area (Å²) in [6, 6.07) is 7.71. The molecule has 0 bridgehead atoms. The fourth-order valence-electron chi connectivity index (χ4n) is 3.32. The molecule has 9 nitrogen and oxygen atoms in total. The number of rotatable bonds is 6. The maximum Gasteiger partial charge on any atom is 0.451 e. The van der Waals surface area contributed by atoms with Crippen LogP contribution in [0.2, 0.25) is 0 Å². The minimum absolute atomic E-state index is 0.00171. The van der Waals surface area contributed by atoms with Crippen molar-refractivity contribution >= 4 is 12.0 Å². The Balaban J connectivity index is 1.69. The SMILES string of the molecule is O=C(C[C@@H](CO)N(Cc1ccccc1)C(=O)O)N1CCn2c(nnc2C(F)(F)F)C1. The Morgan fingerprint density at radius 1 is 1.17 bits per heavy atom. The van der Waals surface area contributed by atoms with Crippen LogP contribution in [0.15, 0.2) is 30.3 Å². The van der Waals surface area contributed by atoms with Crippen molar-refractivity contribution in [2.75, 3.05) is 13.2 Å². The Morgan fingerprint density at radius 3 is 2.47 bits per heavy atom. The molecule has 2 N–H and O–H groups in total. The first-order valence-corrected chi connectivity index (χ1v) is 9.12. The van der Waals surface area contributed by atoms with Crippen LogP contribution in [0.3, 0.4) is 0 Å². The molecular formula is C18H20F3N5O4. The summed E-state index contributed by atoms with van der Waals surface area (Å²) in [7, 11) is 0. The lowest BCUT2D eigenvalue weighted by Gasteiger charge is -2.32. The lowest BCUT2D eigenvalue weighted by atomic mass is 10.1. The second-order valence-corrected chi connectivity index (χ2v) is 6.84. The number of aliphatic hydroxyl groups is 1. The molecular weight excluding hydrogens is 407 g/mol. The van der Waals surface area contributed by atoms with Crippen molar-refractivity contribution in [1.82, 2.24) is 24.6 Å². The third-order valence-electron chi connectivity index (χ3n) is 4.86. The van der Waals surface area contributed by atoms with E-state index >= 15 is 0 Å². The van der Waals surface area contributed by atoms with Gasteiger partial charge in [0.05, 0.1) is 19.2 Å². The smallest absolute Gasteiger partial charge is 0.451 e. The highest BCUT2D eigenvalue weighted by Gasteiger charge is 2.40. The molecule has 0 saturated carbocycles. The molecule has 0 fully saturated rings. The summed E-state index contributed by atoms with van der Waals surface area (Å²) in [4.78, 5) is 26.6. The van der Waals surface area contributed by atoms with E-state index in [1.165, 1.54) is 4.90 Å². The second-order valence-electron chi connectivity index (χ2n) is 6.84. The summed E-state index contributed by atoms with van der Waals surface area (Å²) in [6.45, 7) is -0.896. The van der Waals surface area contributed by atoms with Gasteiger partial charge in [-0.25, -0.2) is 4.79 Å². The van der Waals surface area contributed by atoms with Crippen molar-refractivity contribution in [2.45, 2.75) is 38.3 Å². The number of nitrogens with zero attached hydrogens (tertiary/aromatic N) is 5. The normalized spacial score (nSPS) is 14.9. The summed E-state index contributed by atoms with van der Waals surface area (Å²) in [5.74, 6) is -1.60. The topological polar surface area (TPSA) is 112 Å². The van der Waals surface area contributed by atoms with E-state index in [0.717, 1.165) is 9.47 Å². The van der Waals surface area contributed by atoms with E-state index in [1.807, 2.05) is 0 Å². The zero-order chi connectivity index (χ0) is 21.9. The Labute approximate surface area is 169 Å². The highest BCUT2D eigenvalue weighted by Crippen LogP contribution is 2.29. The standard InChI is InChI=1S/C18H20F3N5O4/c19-18(20,21)16-23-22-14-10-24(6-7-25(14)16)15(28)8-13(11-27)26(17(29)30)9-12-4-2-1-3-5-12/h1-5,13,27H,6-11H2,(H,29,30)/t13-/m0/s1. The first kappa shape index (κ1) is 21.6. The molecule has 1 aromatic carbocycles. The number of carboxylic acid groups (broad SMARTS) is 1. The van der Waals surface area contributed by atoms with Crippen LogP contribution < -0.4 is 0 Å². The Kier molecular flexibility index (Phi) is 6.25. The number of carbonyl (C=O) groups is 2. The van der Waals surface area contributed by atoms with E-state index in [4.69, 9.17) is 0 Å². The molecule has 2 heterocycles. The Hall–Kier alpha value is -3.15. The molecule has 3 rings (SSSR count). The molecule has 2 aromatic rings. The van der Waals surface area contributed by atoms with Gasteiger partial charge in [0, 0.05) is 26.1 Å². The van der Waals surface area contributed by atoms with Gasteiger partial charge in [0.15, 0.2) is 5.82 Å². The highest BCUT2D eigenvalue weighted by atomic mass is 19.4. The highest BCUT2D eigenvalue weighted by molar-refractivity contribution is 5.77. The number of benzene rings is 1. The van der Waals surface area contributed by atoms with Crippen LogP contribution in [0.5, 0.6) is 0 Å². The molecule has 2 amide bonds. The van der Waals surface area contributed by atoms with Gasteiger partial charge in [-0.15, -0.1) is 10.2 Å². The average molecular weight is 427 g/mol. The van der Waals surface area contributed by atoms with Gasteiger partial charge in [-0.2, -0.15) is 13.2 Å². The molecule has 1 aromatic heterocycles. The van der Waals surface area contributed by atoms with Gasteiger partial charge in [-0.1, -0.05) is 30.3 Å². The zero-order valence-corrected chi connectivity index (χ0v) is 15.8. The van der Waals surface area contributed by atoms with E-state index in [-0.39, 0.29) is 38.4 Å². The van der Waals surface area contributed by atoms with Crippen LogP contribution in [0, 0.1) is 0 Å². The molecule has 0 saturated heterocycles. The Bertz CT molecular complexity index is 903. The molecule has 0 unspecified atom stereocenters. The van der Waals surface area contributed by atoms with Crippen LogP contribution in [0.25, 0.3) is 0 Å². The van der Waals surface area contributed by atoms with Gasteiger partial charge in [-0.05, 0) is 5.56 Å². The number of hydrogen-bond donors (Lipinski definition) is 2. The van der Waals surface area contributed by atoms with Crippen LogP contribution in [-0.2, 0) is 30.6 Å². The molecule has 1 aliphatic heterocycles. The van der Waals surface area contributed by atoms with E-state index in [9.17, 15) is 33.0 Å². The summed E-state index contributed by atoms with van der Waals surface area (Å²) in [5.41, 5.74) is 0.691. The van der Waals surface area contributed by atoms with Gasteiger partial charge in [0.1, 0.15) is 0 Å². The van der Waals surface area contributed by atoms with Crippen molar-refractivity contribution in [2.24, 2.45) is 0 Å². The minimum Gasteiger partial charge on any atom is -0.465 e. The first-order valence-electron chi connectivity index (χ1n) is 9.12. The molecule has 1 atom stereocenters. The predicted octanol–water partition coefficient (Wildman–Crippen LogP) is 1.57. The zero-order valence-electron chi connectivity index (χ0n) is 15.8. The maximum absolute atomic E-state index is 12.9. The van der Waals surface area contributed by atoms with E-state index in [2.05, 4.69) is 10.2 Å². The molecule has 0 spiro atoms. The number of aliphatic hydroxyl groups excluding tert-OH is 1. The van der Waals surface area contributed by atoms with E-state index in [0.29, 0.717) is 5.56 Å². The minimum atomic E-state index is -4.64. The average Bonchev–Trinajstić information content (AvgIpc) is 3.14. The monoisotopic (exact) mass is 427 g/mol. The largest absolute Gasteiger partial charge is 0.465 e. The van der Waals surface area contributed by atoms with Crippen molar-refractivity contribution < 1.29 is 33.0 Å². The molecule has 30 heavy (non-hydrogen) atoms. The number of fused-ring (bicyclic) bond motifs is 1. The van der Waals surface area contributed by atoms with Crippen molar-refractivity contribution in [3.63, 3.8) is 0 Å².